The molecule has 0 spiro atoms. The first kappa shape index (κ1) is 3.84. The Morgan fingerprint density at radius 3 is 2.60 bits per heavy atom. The maximum atomic E-state index is 8.11. The van der Waals surface area contributed by atoms with Crippen LogP contribution in [0, 0.1) is 6.92 Å². The quantitative estimate of drug-likeness (QED) is 0.773. The van der Waals surface area contributed by atoms with Gasteiger partial charge in [0.1, 0.15) is 0 Å². The number of anilines is 1. The molecular formula is C13H12ClN. The van der Waals surface area contributed by atoms with E-state index in [2.05, 4.69) is 0 Å². The van der Waals surface area contributed by atoms with Crippen LogP contribution in [0.4, 0.5) is 5.69 Å². The Bertz CT molecular complexity index is 792. The van der Waals surface area contributed by atoms with Crippen molar-refractivity contribution >= 4 is 17.3 Å². The van der Waals surface area contributed by atoms with Crippen LogP contribution < -0.4 is 5.72 Å². The summed E-state index contributed by atoms with van der Waals surface area (Å²) in [6, 6.07) is -3.31. The predicted octanol–water partition coefficient (Wildman–Crippen LogP) is 3.90. The van der Waals surface area contributed by atoms with E-state index >= 15 is 0 Å². The maximum absolute atomic E-state index is 8.11. The van der Waals surface area contributed by atoms with Gasteiger partial charge in [-0.15, -0.1) is 0 Å². The zero-order valence-electron chi connectivity index (χ0n) is 16.8. The molecule has 2 aromatic carbocycles. The first-order valence-corrected chi connectivity index (χ1v) is 4.54. The first-order valence-electron chi connectivity index (χ1n) is 8.56. The molecule has 0 amide bonds. The number of rotatable bonds is 2. The van der Waals surface area contributed by atoms with Crippen molar-refractivity contribution in [1.29, 1.82) is 0 Å². The monoisotopic (exact) mass is 226 g/mol. The van der Waals surface area contributed by atoms with E-state index < -0.39 is 41.9 Å². The molecule has 0 atom stereocenters. The van der Waals surface area contributed by atoms with E-state index in [9.17, 15) is 0 Å². The molecule has 76 valence electrons. The van der Waals surface area contributed by atoms with Crippen LogP contribution >= 0.6 is 11.6 Å². The summed E-state index contributed by atoms with van der Waals surface area (Å²) < 4.78 is 70.2. The molecular weight excluding hydrogens is 206 g/mol. The van der Waals surface area contributed by atoms with Gasteiger partial charge in [-0.05, 0) is 47.8 Å². The molecule has 0 aliphatic carbocycles. The average Bonchev–Trinajstić information content (AvgIpc) is 2.52. The Kier molecular flexibility index (Phi) is 1.01. The Balaban J connectivity index is 3.01. The molecule has 0 radical (unpaired) electrons. The number of nitrogen functional groups attached to an aromatic ring is 1. The summed E-state index contributed by atoms with van der Waals surface area (Å²) in [6.07, 6.45) is 0. The summed E-state index contributed by atoms with van der Waals surface area (Å²) in [5.41, 5.74) is -0.587. The van der Waals surface area contributed by atoms with Gasteiger partial charge in [-0.1, -0.05) is 29.7 Å². The third-order valence-electron chi connectivity index (χ3n) is 1.83. The van der Waals surface area contributed by atoms with Gasteiger partial charge in [-0.2, -0.15) is 0 Å². The fourth-order valence-electron chi connectivity index (χ4n) is 1.16. The minimum Gasteiger partial charge on any atom is -0.399 e. The molecule has 2 N–H and O–H groups in total. The molecule has 2 heteroatoms. The lowest BCUT2D eigenvalue weighted by Gasteiger charge is -2.06. The van der Waals surface area contributed by atoms with Crippen LogP contribution in [0.3, 0.4) is 0 Å². The van der Waals surface area contributed by atoms with Crippen LogP contribution in [0.1, 0.15) is 15.2 Å². The molecule has 15 heavy (non-hydrogen) atoms. The highest BCUT2D eigenvalue weighted by atomic mass is 35.5. The van der Waals surface area contributed by atoms with Crippen molar-refractivity contribution in [1.82, 2.24) is 0 Å². The molecule has 0 bridgehead atoms. The van der Waals surface area contributed by atoms with E-state index in [1.54, 1.807) is 0 Å². The van der Waals surface area contributed by atoms with Crippen LogP contribution in [-0.4, -0.2) is 0 Å². The largest absolute Gasteiger partial charge is 0.399 e. The van der Waals surface area contributed by atoms with Crippen molar-refractivity contribution in [2.24, 2.45) is 0 Å². The van der Waals surface area contributed by atoms with Crippen molar-refractivity contribution in [3.63, 3.8) is 0 Å². The van der Waals surface area contributed by atoms with Gasteiger partial charge in [0, 0.05) is 10.7 Å². The second-order valence-corrected chi connectivity index (χ2v) is 3.29. The topological polar surface area (TPSA) is 26.0 Å². The number of hydrogen-bond donors (Lipinski definition) is 1. The minimum absolute atomic E-state index is 0.0659. The summed E-state index contributed by atoms with van der Waals surface area (Å²) in [4.78, 5) is 0. The predicted molar refractivity (Wildman–Crippen MR) is 66.0 cm³/mol. The maximum Gasteiger partial charge on any atom is 0.156 e. The summed E-state index contributed by atoms with van der Waals surface area (Å²) in [5.74, 6) is 0. The van der Waals surface area contributed by atoms with Crippen molar-refractivity contribution in [2.45, 2.75) is 6.92 Å². The van der Waals surface area contributed by atoms with Gasteiger partial charge in [0.25, 0.3) is 0 Å². The van der Waals surface area contributed by atoms with Crippen LogP contribution in [0.5, 0.6) is 0 Å². The summed E-state index contributed by atoms with van der Waals surface area (Å²) in [7, 11) is 0. The number of hydrogen-bond acceptors (Lipinski definition) is 1. The standard InChI is InChI=1S/C13H12ClN/c1-9-8-12(15)6-7-13(9)10-2-4-11(14)5-3-10/h2-8H,15H2,1H3/i2D,3D,4D,5D,6D,7D,8D/hD2. The number of nitrogens with two attached hydrogens (primary N) is 1. The molecule has 0 unspecified atom stereocenters. The van der Waals surface area contributed by atoms with Gasteiger partial charge < -0.3 is 5.72 Å². The van der Waals surface area contributed by atoms with Crippen molar-refractivity contribution < 1.29 is 12.4 Å². The van der Waals surface area contributed by atoms with Crippen LogP contribution in [0.15, 0.2) is 42.3 Å². The van der Waals surface area contributed by atoms with Gasteiger partial charge >= 0.3 is 0 Å². The van der Waals surface area contributed by atoms with Gasteiger partial charge in [0.15, 0.2) is 2.82 Å². The smallest absolute Gasteiger partial charge is 0.156 e. The second-order valence-electron chi connectivity index (χ2n) is 2.91. The van der Waals surface area contributed by atoms with Crippen LogP contribution in [0.25, 0.3) is 11.1 Å². The molecule has 1 nitrogen and oxygen atoms in total. The van der Waals surface area contributed by atoms with E-state index in [0.29, 0.717) is 0 Å². The molecule has 0 aromatic heterocycles. The Hall–Kier alpha value is -1.47. The van der Waals surface area contributed by atoms with Crippen molar-refractivity contribution in [3.8, 4) is 11.1 Å². The highest BCUT2D eigenvalue weighted by Crippen LogP contribution is 2.26. The molecule has 0 saturated heterocycles. The molecule has 0 fully saturated rings. The van der Waals surface area contributed by atoms with Crippen LogP contribution in [0.2, 0.25) is 7.85 Å². The second kappa shape index (κ2) is 3.95. The average molecular weight is 227 g/mol. The van der Waals surface area contributed by atoms with E-state index in [-0.39, 0.29) is 33.5 Å². The molecule has 2 rings (SSSR count). The fraction of sp³-hybridized carbons (Fsp3) is 0.0769. The van der Waals surface area contributed by atoms with E-state index in [4.69, 9.17) is 24.0 Å². The van der Waals surface area contributed by atoms with E-state index in [1.165, 1.54) is 6.92 Å². The van der Waals surface area contributed by atoms with Gasteiger partial charge in [-0.3, -0.25) is 0 Å². The molecule has 0 heterocycles. The van der Waals surface area contributed by atoms with Gasteiger partial charge in [-0.25, -0.2) is 0 Å². The normalized spacial score (nSPS) is 18.4. The highest BCUT2D eigenvalue weighted by Gasteiger charge is 2.01. The lowest BCUT2D eigenvalue weighted by molar-refractivity contribution is 1.46. The highest BCUT2D eigenvalue weighted by molar-refractivity contribution is 6.30. The number of halogens is 1. The first-order chi connectivity index (χ1) is 11.0. The summed E-state index contributed by atoms with van der Waals surface area (Å²) in [5, 5.41) is -0.352. The SMILES string of the molecule is [2H]c1c([2H])c(-c2c([2H])c([2H])c(N([2H])[2H])c([2H])c2C)c([2H])c([2H])c1Cl. The molecule has 2 aromatic rings. The van der Waals surface area contributed by atoms with Gasteiger partial charge in [0.05, 0.1) is 9.60 Å². The zero-order valence-corrected chi connectivity index (χ0v) is 8.58. The molecule has 0 aliphatic rings. The number of benzene rings is 2. The lowest BCUT2D eigenvalue weighted by atomic mass is 10.0. The third-order valence-corrected chi connectivity index (χ3v) is 2.02. The van der Waals surface area contributed by atoms with E-state index in [1.807, 2.05) is 0 Å². The van der Waals surface area contributed by atoms with Crippen LogP contribution in [-0.2, 0) is 0 Å². The fourth-order valence-corrected chi connectivity index (χ4v) is 1.25. The summed E-state index contributed by atoms with van der Waals surface area (Å²) in [6.45, 7) is 1.41. The third kappa shape index (κ3) is 2.13. The molecule has 0 saturated carbocycles. The minimum atomic E-state index is -0.572. The Morgan fingerprint density at radius 2 is 1.93 bits per heavy atom. The lowest BCUT2D eigenvalue weighted by Crippen LogP contribution is -1.88. The Morgan fingerprint density at radius 1 is 1.20 bits per heavy atom. The van der Waals surface area contributed by atoms with Crippen molar-refractivity contribution in [3.05, 3.63) is 52.9 Å². The summed E-state index contributed by atoms with van der Waals surface area (Å²) >= 11 is 5.76. The zero-order chi connectivity index (χ0) is 18.5. The van der Waals surface area contributed by atoms with Crippen molar-refractivity contribution in [2.75, 3.05) is 5.72 Å². The Labute approximate surface area is 107 Å². The van der Waals surface area contributed by atoms with Gasteiger partial charge in [0.2, 0.25) is 0 Å². The van der Waals surface area contributed by atoms with E-state index in [0.717, 1.165) is 0 Å². The molecule has 0 aliphatic heterocycles.